The van der Waals surface area contributed by atoms with Gasteiger partial charge < -0.3 is 0 Å². The molecule has 0 spiro atoms. The lowest BCUT2D eigenvalue weighted by Gasteiger charge is -2.23. The first-order valence-corrected chi connectivity index (χ1v) is 7.83. The van der Waals surface area contributed by atoms with Crippen LogP contribution in [0.4, 0.5) is 0 Å². The Labute approximate surface area is 134 Å². The fourth-order valence-corrected chi connectivity index (χ4v) is 3.42. The molecule has 0 N–H and O–H groups in total. The first kappa shape index (κ1) is 10.2. The van der Waals surface area contributed by atoms with Crippen molar-refractivity contribution in [3.63, 3.8) is 0 Å². The Hall–Kier alpha value is -1.63. The Bertz CT molecular complexity index is 774. The van der Waals surface area contributed by atoms with Crippen molar-refractivity contribution in [1.29, 1.82) is 0 Å². The number of benzene rings is 1. The maximum atomic E-state index is 9.12. The Kier molecular flexibility index (Phi) is 2.91. The van der Waals surface area contributed by atoms with Crippen LogP contribution in [0.5, 0.6) is 0 Å². The Morgan fingerprint density at radius 2 is 1.95 bits per heavy atom. The van der Waals surface area contributed by atoms with Crippen LogP contribution in [0.15, 0.2) is 36.5 Å². The molecule has 1 aromatic carbocycles. The molecular formula is C20H26N+. The summed E-state index contributed by atoms with van der Waals surface area (Å²) in [5.41, 5.74) is 4.37. The van der Waals surface area contributed by atoms with E-state index in [0.29, 0.717) is 5.56 Å². The van der Waals surface area contributed by atoms with Crippen LogP contribution in [0.25, 0.3) is 11.3 Å². The summed E-state index contributed by atoms with van der Waals surface area (Å²) >= 11 is 0. The summed E-state index contributed by atoms with van der Waals surface area (Å²) in [6.07, 6.45) is 6.49. The third-order valence-corrected chi connectivity index (χ3v) is 4.48. The van der Waals surface area contributed by atoms with E-state index < -0.39 is 12.7 Å². The molecular weight excluding hydrogens is 254 g/mol. The fraction of sp³-hybridized carbons (Fsp3) is 0.450. The molecule has 1 nitrogen and oxygen atoms in total. The molecule has 1 heteroatoms. The van der Waals surface area contributed by atoms with Crippen LogP contribution in [0.1, 0.15) is 60.2 Å². The third-order valence-electron chi connectivity index (χ3n) is 4.48. The van der Waals surface area contributed by atoms with E-state index in [1.54, 1.807) is 12.3 Å². The number of hydrogen-bond donors (Lipinski definition) is 0. The molecule has 0 bridgehead atoms. The predicted molar refractivity (Wildman–Crippen MR) is 88.4 cm³/mol. The molecule has 1 aliphatic carbocycles. The van der Waals surface area contributed by atoms with Gasteiger partial charge in [-0.1, -0.05) is 37.5 Å². The first-order chi connectivity index (χ1) is 11.7. The summed E-state index contributed by atoms with van der Waals surface area (Å²) < 4.78 is 34.5. The minimum absolute atomic E-state index is 0.319. The number of hydrogen-bond acceptors (Lipinski definition) is 0. The Morgan fingerprint density at radius 1 is 1.19 bits per heavy atom. The van der Waals surface area contributed by atoms with Gasteiger partial charge in [-0.15, -0.1) is 0 Å². The van der Waals surface area contributed by atoms with Gasteiger partial charge >= 0.3 is 0 Å². The van der Waals surface area contributed by atoms with Gasteiger partial charge in [0.15, 0.2) is 6.20 Å². The van der Waals surface area contributed by atoms with Crippen molar-refractivity contribution in [3.05, 3.63) is 53.2 Å². The number of nitrogens with zero attached hydrogens (tertiary/aromatic N) is 1. The SMILES string of the molecule is [2H]C([2H])([2H])c1cc(C2([2H])CCCCC2)c(-c2ccccc2C)[n+](C)c1. The summed E-state index contributed by atoms with van der Waals surface area (Å²) in [5, 5.41) is 0. The van der Waals surface area contributed by atoms with Crippen LogP contribution < -0.4 is 4.57 Å². The zero-order valence-electron chi connectivity index (χ0n) is 16.9. The van der Waals surface area contributed by atoms with E-state index in [4.69, 9.17) is 5.48 Å². The molecule has 1 aromatic heterocycles. The summed E-state index contributed by atoms with van der Waals surface area (Å²) in [7, 11) is 1.90. The van der Waals surface area contributed by atoms with E-state index in [9.17, 15) is 0 Å². The largest absolute Gasteiger partial charge is 0.216 e. The van der Waals surface area contributed by atoms with Gasteiger partial charge in [0.1, 0.15) is 7.05 Å². The second-order valence-electron chi connectivity index (χ2n) is 6.08. The zero-order valence-corrected chi connectivity index (χ0v) is 12.9. The molecule has 0 amide bonds. The predicted octanol–water partition coefficient (Wildman–Crippen LogP) is 4.84. The quantitative estimate of drug-likeness (QED) is 0.695. The summed E-state index contributed by atoms with van der Waals surface area (Å²) in [6, 6.07) is 9.91. The lowest BCUT2D eigenvalue weighted by molar-refractivity contribution is -0.661. The number of aryl methyl sites for hydroxylation is 3. The highest BCUT2D eigenvalue weighted by Crippen LogP contribution is 2.37. The number of aromatic nitrogens is 1. The molecule has 0 unspecified atom stereocenters. The molecule has 0 saturated heterocycles. The van der Waals surface area contributed by atoms with Crippen molar-refractivity contribution in [3.8, 4) is 11.3 Å². The lowest BCUT2D eigenvalue weighted by atomic mass is 9.81. The van der Waals surface area contributed by atoms with Gasteiger partial charge in [0, 0.05) is 22.2 Å². The number of pyridine rings is 1. The van der Waals surface area contributed by atoms with Crippen molar-refractivity contribution >= 4 is 0 Å². The maximum Gasteiger partial charge on any atom is 0.216 e. The molecule has 0 aliphatic heterocycles. The van der Waals surface area contributed by atoms with Crippen LogP contribution in [-0.4, -0.2) is 0 Å². The maximum absolute atomic E-state index is 9.12. The highest BCUT2D eigenvalue weighted by atomic mass is 14.9. The fourth-order valence-electron chi connectivity index (χ4n) is 3.42. The summed E-state index contributed by atoms with van der Waals surface area (Å²) in [6.45, 7) is -0.101. The minimum atomic E-state index is -2.16. The van der Waals surface area contributed by atoms with E-state index in [0.717, 1.165) is 54.5 Å². The normalized spacial score (nSPS) is 21.0. The lowest BCUT2D eigenvalue weighted by Crippen LogP contribution is -2.33. The monoisotopic (exact) mass is 284 g/mol. The highest BCUT2D eigenvalue weighted by Gasteiger charge is 2.26. The van der Waals surface area contributed by atoms with E-state index in [-0.39, 0.29) is 0 Å². The molecule has 1 heterocycles. The average Bonchev–Trinajstić information content (AvgIpc) is 2.55. The van der Waals surface area contributed by atoms with Gasteiger partial charge in [-0.05, 0) is 50.2 Å². The smallest absolute Gasteiger partial charge is 0.201 e. The van der Waals surface area contributed by atoms with E-state index >= 15 is 0 Å². The van der Waals surface area contributed by atoms with Crippen molar-refractivity contribution in [2.75, 3.05) is 0 Å². The van der Waals surface area contributed by atoms with Crippen LogP contribution >= 0.6 is 0 Å². The molecule has 110 valence electrons. The van der Waals surface area contributed by atoms with E-state index in [2.05, 4.69) is 19.1 Å². The molecule has 2 aromatic rings. The van der Waals surface area contributed by atoms with Gasteiger partial charge in [-0.3, -0.25) is 0 Å². The molecule has 21 heavy (non-hydrogen) atoms. The average molecular weight is 284 g/mol. The van der Waals surface area contributed by atoms with Crippen LogP contribution in [0, 0.1) is 13.8 Å². The van der Waals surface area contributed by atoms with Crippen molar-refractivity contribution in [2.24, 2.45) is 7.05 Å². The summed E-state index contributed by atoms with van der Waals surface area (Å²) in [5.74, 6) is -0.713. The van der Waals surface area contributed by atoms with Gasteiger partial charge in [0.05, 0.1) is 0 Å². The second-order valence-corrected chi connectivity index (χ2v) is 6.08. The zero-order chi connectivity index (χ0) is 18.2. The molecule has 1 saturated carbocycles. The van der Waals surface area contributed by atoms with Gasteiger partial charge in [0.25, 0.3) is 0 Å². The second kappa shape index (κ2) is 6.01. The standard InChI is InChI=1S/C20H26N/c1-15-13-19(17-10-5-4-6-11-17)20(21(3)14-15)18-12-8-7-9-16(18)2/h7-9,12-14,17H,4-6,10-11H2,1-3H3/q+1/i1D3,17D. The Balaban J connectivity index is 2.28. The van der Waals surface area contributed by atoms with Gasteiger partial charge in [-0.2, -0.15) is 0 Å². The number of rotatable bonds is 2. The third kappa shape index (κ3) is 2.88. The van der Waals surface area contributed by atoms with Crippen LogP contribution in [0.3, 0.4) is 0 Å². The van der Waals surface area contributed by atoms with Gasteiger partial charge in [-0.25, -0.2) is 4.57 Å². The van der Waals surface area contributed by atoms with Crippen molar-refractivity contribution < 1.29 is 10.1 Å². The minimum Gasteiger partial charge on any atom is -0.201 e. The topological polar surface area (TPSA) is 3.88 Å². The summed E-state index contributed by atoms with van der Waals surface area (Å²) in [4.78, 5) is 0. The molecule has 0 atom stereocenters. The Morgan fingerprint density at radius 3 is 2.67 bits per heavy atom. The highest BCUT2D eigenvalue weighted by molar-refractivity contribution is 5.65. The molecule has 0 radical (unpaired) electrons. The van der Waals surface area contributed by atoms with Crippen LogP contribution in [0.2, 0.25) is 0 Å². The molecule has 3 rings (SSSR count). The van der Waals surface area contributed by atoms with Crippen LogP contribution in [-0.2, 0) is 7.05 Å². The van der Waals surface area contributed by atoms with Crippen molar-refractivity contribution in [2.45, 2.75) is 51.8 Å². The molecule has 1 aliphatic rings. The van der Waals surface area contributed by atoms with Gasteiger partial charge in [0.2, 0.25) is 5.69 Å². The molecule has 1 fully saturated rings. The van der Waals surface area contributed by atoms with E-state index in [1.165, 1.54) is 0 Å². The van der Waals surface area contributed by atoms with E-state index in [1.807, 2.05) is 23.7 Å². The van der Waals surface area contributed by atoms with Crippen molar-refractivity contribution in [1.82, 2.24) is 0 Å². The first-order valence-electron chi connectivity index (χ1n) is 9.83.